The Kier molecular flexibility index (Phi) is 3.92. The number of H-pyrrole nitrogens is 1. The third kappa shape index (κ3) is 2.86. The SMILES string of the molecule is CCC(C)c1cc(Cc2ccccc2)c(=O)[nH]n1. The number of aromatic nitrogens is 2. The van der Waals surface area contributed by atoms with Crippen molar-refractivity contribution in [1.82, 2.24) is 10.2 Å². The van der Waals surface area contributed by atoms with Crippen molar-refractivity contribution in [1.29, 1.82) is 0 Å². The van der Waals surface area contributed by atoms with E-state index in [0.29, 0.717) is 12.3 Å². The molecular weight excluding hydrogens is 224 g/mol. The number of rotatable bonds is 4. The number of hydrogen-bond acceptors (Lipinski definition) is 2. The van der Waals surface area contributed by atoms with Gasteiger partial charge in [0.15, 0.2) is 0 Å². The van der Waals surface area contributed by atoms with Gasteiger partial charge in [0, 0.05) is 12.0 Å². The Morgan fingerprint density at radius 3 is 2.67 bits per heavy atom. The number of benzene rings is 1. The average Bonchev–Trinajstić information content (AvgIpc) is 2.41. The van der Waals surface area contributed by atoms with Crippen molar-refractivity contribution in [2.75, 3.05) is 0 Å². The molecule has 1 aromatic carbocycles. The van der Waals surface area contributed by atoms with E-state index in [4.69, 9.17) is 0 Å². The molecular formula is C15H18N2O. The van der Waals surface area contributed by atoms with Gasteiger partial charge in [-0.15, -0.1) is 0 Å². The lowest BCUT2D eigenvalue weighted by Crippen LogP contribution is -2.16. The second-order valence-electron chi connectivity index (χ2n) is 4.62. The summed E-state index contributed by atoms with van der Waals surface area (Å²) in [5.74, 6) is 0.372. The molecule has 0 radical (unpaired) electrons. The van der Waals surface area contributed by atoms with Crippen molar-refractivity contribution in [3.63, 3.8) is 0 Å². The van der Waals surface area contributed by atoms with Gasteiger partial charge in [0.1, 0.15) is 0 Å². The lowest BCUT2D eigenvalue weighted by atomic mass is 10.0. The Hall–Kier alpha value is -1.90. The van der Waals surface area contributed by atoms with Crippen LogP contribution in [0.5, 0.6) is 0 Å². The molecule has 1 atom stereocenters. The molecule has 94 valence electrons. The highest BCUT2D eigenvalue weighted by atomic mass is 16.1. The van der Waals surface area contributed by atoms with Gasteiger partial charge in [0.25, 0.3) is 5.56 Å². The zero-order valence-corrected chi connectivity index (χ0v) is 10.8. The standard InChI is InChI=1S/C15H18N2O/c1-3-11(2)14-10-13(15(18)17-16-14)9-12-7-5-4-6-8-12/h4-8,10-11H,3,9H2,1-2H3,(H,17,18). The van der Waals surface area contributed by atoms with Gasteiger partial charge in [-0.1, -0.05) is 44.2 Å². The maximum absolute atomic E-state index is 11.8. The molecule has 1 aromatic heterocycles. The summed E-state index contributed by atoms with van der Waals surface area (Å²) in [6, 6.07) is 11.9. The number of nitrogens with zero attached hydrogens (tertiary/aromatic N) is 1. The Bertz CT molecular complexity index is 560. The number of nitrogens with one attached hydrogen (secondary N) is 1. The minimum Gasteiger partial charge on any atom is -0.268 e. The molecule has 0 spiro atoms. The van der Waals surface area contributed by atoms with Crippen molar-refractivity contribution >= 4 is 0 Å². The first-order valence-electron chi connectivity index (χ1n) is 6.33. The van der Waals surface area contributed by atoms with Crippen molar-refractivity contribution in [3.8, 4) is 0 Å². The van der Waals surface area contributed by atoms with Gasteiger partial charge in [0.2, 0.25) is 0 Å². The third-order valence-corrected chi connectivity index (χ3v) is 3.25. The van der Waals surface area contributed by atoms with Crippen LogP contribution in [0.15, 0.2) is 41.2 Å². The summed E-state index contributed by atoms with van der Waals surface area (Å²) in [7, 11) is 0. The van der Waals surface area contributed by atoms with Gasteiger partial charge in [-0.05, 0) is 24.0 Å². The van der Waals surface area contributed by atoms with Gasteiger partial charge in [-0.2, -0.15) is 5.10 Å². The Balaban J connectivity index is 2.30. The van der Waals surface area contributed by atoms with Crippen LogP contribution in [-0.4, -0.2) is 10.2 Å². The molecule has 0 aliphatic carbocycles. The maximum Gasteiger partial charge on any atom is 0.267 e. The largest absolute Gasteiger partial charge is 0.268 e. The predicted molar refractivity (Wildman–Crippen MR) is 72.8 cm³/mol. The molecule has 3 nitrogen and oxygen atoms in total. The van der Waals surface area contributed by atoms with E-state index in [0.717, 1.165) is 23.2 Å². The number of hydrogen-bond donors (Lipinski definition) is 1. The number of aromatic amines is 1. The fraction of sp³-hybridized carbons (Fsp3) is 0.333. The first-order chi connectivity index (χ1) is 8.70. The van der Waals surface area contributed by atoms with Gasteiger partial charge in [-0.25, -0.2) is 5.10 Å². The fourth-order valence-electron chi connectivity index (χ4n) is 1.87. The second-order valence-corrected chi connectivity index (χ2v) is 4.62. The van der Waals surface area contributed by atoms with E-state index in [9.17, 15) is 4.79 Å². The normalized spacial score (nSPS) is 12.3. The van der Waals surface area contributed by atoms with E-state index in [1.54, 1.807) is 0 Å². The Morgan fingerprint density at radius 1 is 1.28 bits per heavy atom. The van der Waals surface area contributed by atoms with Crippen LogP contribution in [0.2, 0.25) is 0 Å². The van der Waals surface area contributed by atoms with Crippen molar-refractivity contribution in [3.05, 3.63) is 63.6 Å². The Morgan fingerprint density at radius 2 is 2.00 bits per heavy atom. The van der Waals surface area contributed by atoms with Crippen LogP contribution in [0.25, 0.3) is 0 Å². The van der Waals surface area contributed by atoms with Gasteiger partial charge in [-0.3, -0.25) is 4.79 Å². The van der Waals surface area contributed by atoms with E-state index in [1.165, 1.54) is 0 Å². The molecule has 18 heavy (non-hydrogen) atoms. The lowest BCUT2D eigenvalue weighted by molar-refractivity contribution is 0.683. The van der Waals surface area contributed by atoms with Crippen LogP contribution >= 0.6 is 0 Å². The molecule has 1 unspecified atom stereocenters. The summed E-state index contributed by atoms with van der Waals surface area (Å²) in [6.07, 6.45) is 1.67. The van der Waals surface area contributed by atoms with E-state index in [2.05, 4.69) is 24.0 Å². The van der Waals surface area contributed by atoms with Crippen LogP contribution in [0.4, 0.5) is 0 Å². The second kappa shape index (κ2) is 5.63. The summed E-state index contributed by atoms with van der Waals surface area (Å²) in [6.45, 7) is 4.24. The average molecular weight is 242 g/mol. The highest BCUT2D eigenvalue weighted by Crippen LogP contribution is 2.16. The third-order valence-electron chi connectivity index (χ3n) is 3.25. The zero-order valence-electron chi connectivity index (χ0n) is 10.8. The van der Waals surface area contributed by atoms with E-state index >= 15 is 0 Å². The summed E-state index contributed by atoms with van der Waals surface area (Å²) < 4.78 is 0. The molecule has 2 rings (SSSR count). The zero-order chi connectivity index (χ0) is 13.0. The molecule has 0 amide bonds. The van der Waals surface area contributed by atoms with E-state index < -0.39 is 0 Å². The van der Waals surface area contributed by atoms with E-state index in [-0.39, 0.29) is 5.56 Å². The monoisotopic (exact) mass is 242 g/mol. The van der Waals surface area contributed by atoms with E-state index in [1.807, 2.05) is 36.4 Å². The van der Waals surface area contributed by atoms with Crippen LogP contribution in [0.1, 0.15) is 43.0 Å². The minimum atomic E-state index is -0.0918. The van der Waals surface area contributed by atoms with Gasteiger partial charge >= 0.3 is 0 Å². The first-order valence-corrected chi connectivity index (χ1v) is 6.33. The van der Waals surface area contributed by atoms with Crippen LogP contribution in [-0.2, 0) is 6.42 Å². The molecule has 1 heterocycles. The molecule has 0 aliphatic heterocycles. The first kappa shape index (κ1) is 12.6. The maximum atomic E-state index is 11.8. The molecule has 0 saturated heterocycles. The van der Waals surface area contributed by atoms with Crippen molar-refractivity contribution < 1.29 is 0 Å². The van der Waals surface area contributed by atoms with Gasteiger partial charge in [0.05, 0.1) is 5.69 Å². The topological polar surface area (TPSA) is 45.8 Å². The highest BCUT2D eigenvalue weighted by Gasteiger charge is 2.09. The summed E-state index contributed by atoms with van der Waals surface area (Å²) in [5.41, 5.74) is 2.80. The van der Waals surface area contributed by atoms with Crippen LogP contribution in [0.3, 0.4) is 0 Å². The highest BCUT2D eigenvalue weighted by molar-refractivity contribution is 5.25. The van der Waals surface area contributed by atoms with Crippen molar-refractivity contribution in [2.45, 2.75) is 32.6 Å². The molecule has 0 saturated carbocycles. The quantitative estimate of drug-likeness (QED) is 0.896. The lowest BCUT2D eigenvalue weighted by Gasteiger charge is -2.08. The molecule has 3 heteroatoms. The van der Waals surface area contributed by atoms with Crippen LogP contribution < -0.4 is 5.56 Å². The van der Waals surface area contributed by atoms with Crippen molar-refractivity contribution in [2.24, 2.45) is 0 Å². The molecule has 0 aliphatic rings. The molecule has 0 bridgehead atoms. The Labute approximate surface area is 107 Å². The predicted octanol–water partition coefficient (Wildman–Crippen LogP) is 2.87. The van der Waals surface area contributed by atoms with Crippen LogP contribution in [0, 0.1) is 0 Å². The molecule has 1 N–H and O–H groups in total. The molecule has 2 aromatic rings. The molecule has 0 fully saturated rings. The summed E-state index contributed by atoms with van der Waals surface area (Å²) >= 11 is 0. The summed E-state index contributed by atoms with van der Waals surface area (Å²) in [5, 5.41) is 6.71. The fourth-order valence-corrected chi connectivity index (χ4v) is 1.87. The minimum absolute atomic E-state index is 0.0918. The smallest absolute Gasteiger partial charge is 0.267 e. The summed E-state index contributed by atoms with van der Waals surface area (Å²) in [4.78, 5) is 11.8. The van der Waals surface area contributed by atoms with Gasteiger partial charge < -0.3 is 0 Å².